The topological polar surface area (TPSA) is 88.7 Å². The summed E-state index contributed by atoms with van der Waals surface area (Å²) in [6.45, 7) is 3.20. The van der Waals surface area contributed by atoms with Gasteiger partial charge in [0.25, 0.3) is 0 Å². The minimum absolute atomic E-state index is 0.277. The number of hydrogen-bond acceptors (Lipinski definition) is 4. The van der Waals surface area contributed by atoms with E-state index in [1.807, 2.05) is 24.3 Å². The van der Waals surface area contributed by atoms with Crippen LogP contribution in [0.25, 0.3) is 0 Å². The Balaban J connectivity index is 2.14. The molecular weight excluding hydrogens is 286 g/mol. The van der Waals surface area contributed by atoms with Crippen molar-refractivity contribution in [2.24, 2.45) is 0 Å². The molecule has 7 heteroatoms. The number of hydrogen-bond donors (Lipinski definition) is 3. The lowest BCUT2D eigenvalue weighted by Gasteiger charge is -2.10. The molecule has 0 aromatic heterocycles. The fourth-order valence-corrected chi connectivity index (χ4v) is 1.81. The first-order valence-corrected chi connectivity index (χ1v) is 7.21. The lowest BCUT2D eigenvalue weighted by atomic mass is 10.1. The Bertz CT molecular complexity index is 480. The van der Waals surface area contributed by atoms with E-state index in [0.29, 0.717) is 32.7 Å². The van der Waals surface area contributed by atoms with Crippen molar-refractivity contribution in [3.63, 3.8) is 0 Å². The minimum atomic E-state index is -0.485. The summed E-state index contributed by atoms with van der Waals surface area (Å²) in [4.78, 5) is 22.6. The highest BCUT2D eigenvalue weighted by atomic mass is 16.5. The second-order valence-electron chi connectivity index (χ2n) is 4.39. The second kappa shape index (κ2) is 10.3. The maximum atomic E-state index is 11.6. The zero-order valence-electron chi connectivity index (χ0n) is 13.0. The van der Waals surface area contributed by atoms with Crippen LogP contribution in [0.1, 0.15) is 12.5 Å². The Hall–Kier alpha value is -2.44. The van der Waals surface area contributed by atoms with Crippen LogP contribution in [-0.2, 0) is 11.2 Å². The average molecular weight is 309 g/mol. The molecule has 1 aromatic rings. The molecule has 7 nitrogen and oxygen atoms in total. The summed E-state index contributed by atoms with van der Waals surface area (Å²) in [5.74, 6) is 0.809. The van der Waals surface area contributed by atoms with E-state index in [2.05, 4.69) is 16.0 Å². The molecule has 0 aliphatic carbocycles. The van der Waals surface area contributed by atoms with Crippen molar-refractivity contribution in [1.82, 2.24) is 16.0 Å². The summed E-state index contributed by atoms with van der Waals surface area (Å²) in [7, 11) is 1.62. The zero-order chi connectivity index (χ0) is 16.2. The standard InChI is InChI=1S/C15H23N3O4/c1-3-22-15(20)18-11-10-17-14(19)16-9-8-12-6-4-5-7-13(12)21-2/h4-7H,3,8-11H2,1-2H3,(H,18,20)(H2,16,17,19). The van der Waals surface area contributed by atoms with Gasteiger partial charge >= 0.3 is 12.1 Å². The van der Waals surface area contributed by atoms with Crippen LogP contribution < -0.4 is 20.7 Å². The van der Waals surface area contributed by atoms with Gasteiger partial charge in [-0.2, -0.15) is 0 Å². The van der Waals surface area contributed by atoms with Crippen molar-refractivity contribution in [1.29, 1.82) is 0 Å². The average Bonchev–Trinajstić information content (AvgIpc) is 2.52. The number of benzene rings is 1. The Morgan fingerprint density at radius 2 is 1.73 bits per heavy atom. The van der Waals surface area contributed by atoms with Crippen LogP contribution in [0.3, 0.4) is 0 Å². The highest BCUT2D eigenvalue weighted by molar-refractivity contribution is 5.74. The molecule has 0 fully saturated rings. The van der Waals surface area contributed by atoms with Crippen LogP contribution in [0.2, 0.25) is 0 Å². The van der Waals surface area contributed by atoms with Gasteiger partial charge in [0.1, 0.15) is 5.75 Å². The predicted octanol–water partition coefficient (Wildman–Crippen LogP) is 1.28. The molecule has 0 spiro atoms. The van der Waals surface area contributed by atoms with Gasteiger partial charge < -0.3 is 25.4 Å². The van der Waals surface area contributed by atoms with Crippen molar-refractivity contribution in [3.05, 3.63) is 29.8 Å². The van der Waals surface area contributed by atoms with Crippen molar-refractivity contribution in [3.8, 4) is 5.75 Å². The Labute approximate surface area is 130 Å². The zero-order valence-corrected chi connectivity index (χ0v) is 13.0. The third kappa shape index (κ3) is 6.83. The van der Waals surface area contributed by atoms with E-state index in [1.54, 1.807) is 14.0 Å². The number of amides is 3. The molecular formula is C15H23N3O4. The van der Waals surface area contributed by atoms with Gasteiger partial charge in [0, 0.05) is 19.6 Å². The monoisotopic (exact) mass is 309 g/mol. The van der Waals surface area contributed by atoms with Crippen molar-refractivity contribution < 1.29 is 19.1 Å². The Morgan fingerprint density at radius 1 is 1.05 bits per heavy atom. The van der Waals surface area contributed by atoms with Crippen LogP contribution in [0.4, 0.5) is 9.59 Å². The molecule has 0 bridgehead atoms. The maximum Gasteiger partial charge on any atom is 0.407 e. The SMILES string of the molecule is CCOC(=O)NCCNC(=O)NCCc1ccccc1OC. The molecule has 0 aliphatic heterocycles. The van der Waals surface area contributed by atoms with Gasteiger partial charge in [-0.05, 0) is 25.0 Å². The molecule has 122 valence electrons. The van der Waals surface area contributed by atoms with Gasteiger partial charge in [0.15, 0.2) is 0 Å². The summed E-state index contributed by atoms with van der Waals surface area (Å²) in [6, 6.07) is 7.40. The Kier molecular flexibility index (Phi) is 8.25. The van der Waals surface area contributed by atoms with Crippen LogP contribution >= 0.6 is 0 Å². The number of ether oxygens (including phenoxy) is 2. The Morgan fingerprint density at radius 3 is 2.45 bits per heavy atom. The van der Waals surface area contributed by atoms with E-state index >= 15 is 0 Å². The molecule has 1 aromatic carbocycles. The molecule has 0 radical (unpaired) electrons. The quantitative estimate of drug-likeness (QED) is 0.631. The van der Waals surface area contributed by atoms with Gasteiger partial charge in [0.2, 0.25) is 0 Å². The van der Waals surface area contributed by atoms with Crippen LogP contribution in [0, 0.1) is 0 Å². The molecule has 0 unspecified atom stereocenters. The summed E-state index contributed by atoms with van der Waals surface area (Å²) in [5, 5.41) is 7.91. The van der Waals surface area contributed by atoms with E-state index < -0.39 is 6.09 Å². The highest BCUT2D eigenvalue weighted by Crippen LogP contribution is 2.17. The molecule has 3 amide bonds. The van der Waals surface area contributed by atoms with Crippen molar-refractivity contribution in [2.45, 2.75) is 13.3 Å². The van der Waals surface area contributed by atoms with E-state index in [0.717, 1.165) is 11.3 Å². The molecule has 1 rings (SSSR count). The van der Waals surface area contributed by atoms with Gasteiger partial charge in [0.05, 0.1) is 13.7 Å². The van der Waals surface area contributed by atoms with Gasteiger partial charge in [-0.1, -0.05) is 18.2 Å². The maximum absolute atomic E-state index is 11.6. The number of carbonyl (C=O) groups is 2. The summed E-state index contributed by atoms with van der Waals surface area (Å²) in [6.07, 6.45) is 0.194. The first-order valence-electron chi connectivity index (χ1n) is 7.21. The second-order valence-corrected chi connectivity index (χ2v) is 4.39. The smallest absolute Gasteiger partial charge is 0.407 e. The lowest BCUT2D eigenvalue weighted by Crippen LogP contribution is -2.41. The van der Waals surface area contributed by atoms with Gasteiger partial charge in [-0.15, -0.1) is 0 Å². The number of nitrogens with one attached hydrogen (secondary N) is 3. The molecule has 0 atom stereocenters. The molecule has 0 saturated heterocycles. The first kappa shape index (κ1) is 17.6. The third-order valence-electron chi connectivity index (χ3n) is 2.83. The number of carbonyl (C=O) groups excluding carboxylic acids is 2. The number of para-hydroxylation sites is 1. The van der Waals surface area contributed by atoms with Gasteiger partial charge in [-0.3, -0.25) is 0 Å². The van der Waals surface area contributed by atoms with Crippen molar-refractivity contribution in [2.75, 3.05) is 33.4 Å². The van der Waals surface area contributed by atoms with E-state index in [1.165, 1.54) is 0 Å². The highest BCUT2D eigenvalue weighted by Gasteiger charge is 2.04. The summed E-state index contributed by atoms with van der Waals surface area (Å²) >= 11 is 0. The normalized spacial score (nSPS) is 9.73. The van der Waals surface area contributed by atoms with Crippen LogP contribution in [0.15, 0.2) is 24.3 Å². The number of methoxy groups -OCH3 is 1. The number of alkyl carbamates (subject to hydrolysis) is 1. The molecule has 0 saturated carbocycles. The van der Waals surface area contributed by atoms with Crippen molar-refractivity contribution >= 4 is 12.1 Å². The molecule has 3 N–H and O–H groups in total. The summed E-state index contributed by atoms with van der Waals surface area (Å²) < 4.78 is 9.94. The lowest BCUT2D eigenvalue weighted by molar-refractivity contribution is 0.152. The largest absolute Gasteiger partial charge is 0.496 e. The first-order chi connectivity index (χ1) is 10.7. The van der Waals surface area contributed by atoms with Crippen LogP contribution in [-0.4, -0.2) is 45.5 Å². The molecule has 0 heterocycles. The predicted molar refractivity (Wildman–Crippen MR) is 83.1 cm³/mol. The van der Waals surface area contributed by atoms with E-state index in [4.69, 9.17) is 9.47 Å². The van der Waals surface area contributed by atoms with Crippen LogP contribution in [0.5, 0.6) is 5.75 Å². The number of rotatable bonds is 8. The minimum Gasteiger partial charge on any atom is -0.496 e. The third-order valence-corrected chi connectivity index (χ3v) is 2.83. The van der Waals surface area contributed by atoms with E-state index in [-0.39, 0.29) is 6.03 Å². The molecule has 22 heavy (non-hydrogen) atoms. The summed E-state index contributed by atoms with van der Waals surface area (Å²) in [5.41, 5.74) is 1.04. The fourth-order valence-electron chi connectivity index (χ4n) is 1.81. The molecule has 0 aliphatic rings. The fraction of sp³-hybridized carbons (Fsp3) is 0.467. The number of urea groups is 1. The van der Waals surface area contributed by atoms with Gasteiger partial charge in [-0.25, -0.2) is 9.59 Å². The van der Waals surface area contributed by atoms with E-state index in [9.17, 15) is 9.59 Å².